The molecule has 4 aliphatic heterocycles. The van der Waals surface area contributed by atoms with Gasteiger partial charge in [-0.25, -0.2) is 4.98 Å². The van der Waals surface area contributed by atoms with Gasteiger partial charge in [0, 0.05) is 54.5 Å². The monoisotopic (exact) mass is 503 g/mol. The summed E-state index contributed by atoms with van der Waals surface area (Å²) in [7, 11) is 2.10. The van der Waals surface area contributed by atoms with Crippen LogP contribution in [0.2, 0.25) is 0 Å². The molecule has 0 saturated carbocycles. The van der Waals surface area contributed by atoms with E-state index >= 15 is 0 Å². The van der Waals surface area contributed by atoms with Gasteiger partial charge >= 0.3 is 0 Å². The highest BCUT2D eigenvalue weighted by Crippen LogP contribution is 2.39. The summed E-state index contributed by atoms with van der Waals surface area (Å²) in [6.45, 7) is 4.66. The predicted molar refractivity (Wildman–Crippen MR) is 142 cm³/mol. The SMILES string of the molecule is Cc1c(C(=O)NC2C[C@H]3CC[C@@H](C2)N3c2ccc(C(=O)N[C@H]3CCCN(C)C3)cn2)ccc2c1OCC2. The number of ether oxygens (including phenoxy) is 1. The number of hydrogen-bond acceptors (Lipinski definition) is 6. The van der Waals surface area contributed by atoms with Crippen molar-refractivity contribution >= 4 is 17.6 Å². The van der Waals surface area contributed by atoms with Crippen LogP contribution in [0.5, 0.6) is 5.75 Å². The molecule has 1 unspecified atom stereocenters. The lowest BCUT2D eigenvalue weighted by Gasteiger charge is -2.40. The molecule has 8 heteroatoms. The first-order chi connectivity index (χ1) is 18.0. The molecule has 0 aliphatic carbocycles. The second kappa shape index (κ2) is 9.97. The quantitative estimate of drug-likeness (QED) is 0.652. The molecular formula is C29H37N5O3. The molecule has 3 fully saturated rings. The molecule has 5 heterocycles. The highest BCUT2D eigenvalue weighted by atomic mass is 16.5. The van der Waals surface area contributed by atoms with Crippen molar-refractivity contribution in [1.29, 1.82) is 0 Å². The Morgan fingerprint density at radius 1 is 1.00 bits per heavy atom. The van der Waals surface area contributed by atoms with E-state index < -0.39 is 0 Å². The van der Waals surface area contributed by atoms with E-state index in [0.29, 0.717) is 29.8 Å². The smallest absolute Gasteiger partial charge is 0.253 e. The van der Waals surface area contributed by atoms with Gasteiger partial charge in [-0.05, 0) is 82.8 Å². The number of piperidine rings is 2. The van der Waals surface area contributed by atoms with E-state index in [0.717, 1.165) is 75.2 Å². The number of fused-ring (bicyclic) bond motifs is 3. The largest absolute Gasteiger partial charge is 0.493 e. The molecule has 4 atom stereocenters. The zero-order valence-electron chi connectivity index (χ0n) is 21.8. The van der Waals surface area contributed by atoms with Gasteiger partial charge in [-0.2, -0.15) is 0 Å². The highest BCUT2D eigenvalue weighted by molar-refractivity contribution is 5.97. The number of likely N-dealkylation sites (tertiary alicyclic amines) is 1. The molecule has 37 heavy (non-hydrogen) atoms. The lowest BCUT2D eigenvalue weighted by atomic mass is 9.96. The molecule has 2 aromatic rings. The standard InChI is InChI=1S/C29H37N5O3/c1-18-25(9-5-19-11-13-37-27(18)19)29(36)32-22-14-23-7-8-24(15-22)34(23)26-10-6-20(16-30-26)28(35)31-21-4-3-12-33(2)17-21/h5-6,9-10,16,21-24H,3-4,7-8,11-15,17H2,1-2H3,(H,31,35)(H,32,36)/t21-,22?,23-,24+/m0/s1. The van der Waals surface area contributed by atoms with Crippen molar-refractivity contribution in [1.82, 2.24) is 20.5 Å². The maximum Gasteiger partial charge on any atom is 0.253 e. The Morgan fingerprint density at radius 3 is 2.51 bits per heavy atom. The van der Waals surface area contributed by atoms with Crippen molar-refractivity contribution in [2.45, 2.75) is 76.0 Å². The summed E-state index contributed by atoms with van der Waals surface area (Å²) in [5.41, 5.74) is 3.46. The Morgan fingerprint density at radius 2 is 1.78 bits per heavy atom. The average molecular weight is 504 g/mol. The summed E-state index contributed by atoms with van der Waals surface area (Å²) in [4.78, 5) is 35.3. The first-order valence-corrected chi connectivity index (χ1v) is 13.8. The average Bonchev–Trinajstić information content (AvgIpc) is 3.47. The van der Waals surface area contributed by atoms with E-state index in [1.807, 2.05) is 31.2 Å². The number of pyridine rings is 1. The number of anilines is 1. The zero-order valence-corrected chi connectivity index (χ0v) is 21.8. The third-order valence-electron chi connectivity index (χ3n) is 8.65. The molecule has 2 amide bonds. The Balaban J connectivity index is 1.08. The van der Waals surface area contributed by atoms with E-state index in [1.54, 1.807) is 6.20 Å². The fourth-order valence-corrected chi connectivity index (χ4v) is 6.81. The van der Waals surface area contributed by atoms with E-state index in [2.05, 4.69) is 27.5 Å². The highest BCUT2D eigenvalue weighted by Gasteiger charge is 2.42. The van der Waals surface area contributed by atoms with E-state index in [4.69, 9.17) is 9.72 Å². The van der Waals surface area contributed by atoms with Gasteiger partial charge in [-0.3, -0.25) is 9.59 Å². The molecule has 8 nitrogen and oxygen atoms in total. The second-order valence-electron chi connectivity index (χ2n) is 11.2. The van der Waals surface area contributed by atoms with Crippen molar-refractivity contribution in [3.8, 4) is 5.75 Å². The summed E-state index contributed by atoms with van der Waals surface area (Å²) in [6.07, 6.45) is 8.77. The van der Waals surface area contributed by atoms with E-state index in [1.165, 1.54) is 5.56 Å². The minimum atomic E-state index is -0.0454. The van der Waals surface area contributed by atoms with Crippen molar-refractivity contribution in [2.75, 3.05) is 31.6 Å². The summed E-state index contributed by atoms with van der Waals surface area (Å²) < 4.78 is 5.76. The minimum Gasteiger partial charge on any atom is -0.493 e. The Hall–Kier alpha value is -3.13. The van der Waals surface area contributed by atoms with E-state index in [-0.39, 0.29) is 23.9 Å². The van der Waals surface area contributed by atoms with Crippen LogP contribution in [0.4, 0.5) is 5.82 Å². The van der Waals surface area contributed by atoms with Gasteiger partial charge in [-0.15, -0.1) is 0 Å². The molecule has 1 aromatic carbocycles. The fraction of sp³-hybridized carbons (Fsp3) is 0.552. The third kappa shape index (κ3) is 4.79. The van der Waals surface area contributed by atoms with Crippen LogP contribution < -0.4 is 20.3 Å². The predicted octanol–water partition coefficient (Wildman–Crippen LogP) is 3.08. The van der Waals surface area contributed by atoms with Crippen LogP contribution in [0.3, 0.4) is 0 Å². The summed E-state index contributed by atoms with van der Waals surface area (Å²) in [5.74, 6) is 1.76. The van der Waals surface area contributed by atoms with Gasteiger partial charge in [0.15, 0.2) is 0 Å². The summed E-state index contributed by atoms with van der Waals surface area (Å²) in [6, 6.07) is 8.89. The van der Waals surface area contributed by atoms with Crippen molar-refractivity contribution in [3.63, 3.8) is 0 Å². The number of amides is 2. The van der Waals surface area contributed by atoms with Crippen molar-refractivity contribution in [2.24, 2.45) is 0 Å². The molecule has 3 saturated heterocycles. The van der Waals surface area contributed by atoms with Gasteiger partial charge < -0.3 is 25.2 Å². The summed E-state index contributed by atoms with van der Waals surface area (Å²) >= 11 is 0. The first kappa shape index (κ1) is 24.2. The topological polar surface area (TPSA) is 86.8 Å². The van der Waals surface area contributed by atoms with Crippen LogP contribution >= 0.6 is 0 Å². The zero-order chi connectivity index (χ0) is 25.5. The lowest BCUT2D eigenvalue weighted by molar-refractivity contribution is 0.0908. The van der Waals surface area contributed by atoms with Crippen LogP contribution in [0.15, 0.2) is 30.5 Å². The Labute approximate surface area is 218 Å². The van der Waals surface area contributed by atoms with Crippen molar-refractivity contribution < 1.29 is 14.3 Å². The molecule has 2 bridgehead atoms. The van der Waals surface area contributed by atoms with Gasteiger partial charge in [-0.1, -0.05) is 6.07 Å². The number of likely N-dealkylation sites (N-methyl/N-ethyl adjacent to an activating group) is 1. The molecule has 2 N–H and O–H groups in total. The Bertz CT molecular complexity index is 1170. The molecule has 196 valence electrons. The van der Waals surface area contributed by atoms with E-state index in [9.17, 15) is 9.59 Å². The van der Waals surface area contributed by atoms with Gasteiger partial charge in [0.1, 0.15) is 11.6 Å². The number of nitrogens with zero attached hydrogens (tertiary/aromatic N) is 3. The molecule has 6 rings (SSSR count). The first-order valence-electron chi connectivity index (χ1n) is 13.8. The normalized spacial score (nSPS) is 26.9. The number of carbonyl (C=O) groups is 2. The number of aromatic nitrogens is 1. The van der Waals surface area contributed by atoms with Gasteiger partial charge in [0.05, 0.1) is 12.2 Å². The Kier molecular flexibility index (Phi) is 6.53. The van der Waals surface area contributed by atoms with Gasteiger partial charge in [0.25, 0.3) is 11.8 Å². The summed E-state index contributed by atoms with van der Waals surface area (Å²) in [5, 5.41) is 6.48. The lowest BCUT2D eigenvalue weighted by Crippen LogP contribution is -2.51. The van der Waals surface area contributed by atoms with Crippen LogP contribution in [0, 0.1) is 6.92 Å². The fourth-order valence-electron chi connectivity index (χ4n) is 6.81. The van der Waals surface area contributed by atoms with Crippen LogP contribution in [0.1, 0.15) is 70.4 Å². The molecule has 4 aliphatic rings. The number of rotatable bonds is 5. The van der Waals surface area contributed by atoms with Crippen LogP contribution in [-0.4, -0.2) is 72.6 Å². The number of nitrogens with one attached hydrogen (secondary N) is 2. The maximum absolute atomic E-state index is 13.1. The number of carbonyl (C=O) groups excluding carboxylic acids is 2. The minimum absolute atomic E-state index is 0.00806. The molecular weight excluding hydrogens is 466 g/mol. The second-order valence-corrected chi connectivity index (χ2v) is 11.2. The molecule has 0 spiro atoms. The maximum atomic E-state index is 13.1. The van der Waals surface area contributed by atoms with Gasteiger partial charge in [0.2, 0.25) is 0 Å². The number of benzene rings is 1. The van der Waals surface area contributed by atoms with Crippen LogP contribution in [0.25, 0.3) is 0 Å². The third-order valence-corrected chi connectivity index (χ3v) is 8.65. The molecule has 1 aromatic heterocycles. The number of hydrogen-bond donors (Lipinski definition) is 2. The molecule has 0 radical (unpaired) electrons. The van der Waals surface area contributed by atoms with Crippen LogP contribution in [-0.2, 0) is 6.42 Å². The van der Waals surface area contributed by atoms with Crippen molar-refractivity contribution in [3.05, 3.63) is 52.7 Å².